The molecule has 0 radical (unpaired) electrons. The Labute approximate surface area is 125 Å². The van der Waals surface area contributed by atoms with E-state index in [1.54, 1.807) is 11.3 Å². The molecule has 0 saturated heterocycles. The number of thiophene rings is 1. The van der Waals surface area contributed by atoms with Crippen LogP contribution in [0.2, 0.25) is 0 Å². The first-order chi connectivity index (χ1) is 9.34. The highest BCUT2D eigenvalue weighted by Crippen LogP contribution is 2.34. The monoisotopic (exact) mass is 298 g/mol. The van der Waals surface area contributed by atoms with E-state index in [9.17, 15) is 4.79 Å². The molecule has 1 rings (SSSR count). The molecule has 2 amide bonds. The molecular weight excluding hydrogens is 272 g/mol. The maximum Gasteiger partial charge on any atom is 0.315 e. The molecule has 0 aromatic carbocycles. The molecule has 1 aromatic heterocycles. The van der Waals surface area contributed by atoms with Crippen LogP contribution in [-0.2, 0) is 0 Å². The van der Waals surface area contributed by atoms with Gasteiger partial charge < -0.3 is 15.7 Å². The number of aliphatic hydroxyl groups excluding tert-OH is 1. The molecule has 114 valence electrons. The second kappa shape index (κ2) is 7.64. The molecule has 0 saturated carbocycles. The highest BCUT2D eigenvalue weighted by atomic mass is 32.1. The average molecular weight is 298 g/mol. The van der Waals surface area contributed by atoms with E-state index in [1.165, 1.54) is 0 Å². The minimum atomic E-state index is -0.150. The normalized spacial score (nSPS) is 14.7. The molecule has 4 nitrogen and oxygen atoms in total. The zero-order valence-electron chi connectivity index (χ0n) is 12.8. The van der Waals surface area contributed by atoms with Crippen molar-refractivity contribution in [3.63, 3.8) is 0 Å². The van der Waals surface area contributed by atoms with E-state index in [1.807, 2.05) is 18.4 Å². The van der Waals surface area contributed by atoms with Gasteiger partial charge >= 0.3 is 6.03 Å². The third kappa shape index (κ3) is 5.51. The molecule has 0 bridgehead atoms. The summed E-state index contributed by atoms with van der Waals surface area (Å²) in [6, 6.07) is 3.90. The Bertz CT molecular complexity index is 399. The Morgan fingerprint density at radius 2 is 2.15 bits per heavy atom. The number of nitrogens with one attached hydrogen (secondary N) is 2. The van der Waals surface area contributed by atoms with Crippen molar-refractivity contribution in [2.24, 2.45) is 11.3 Å². The highest BCUT2D eigenvalue weighted by Gasteiger charge is 2.28. The lowest BCUT2D eigenvalue weighted by molar-refractivity contribution is 0.215. The third-order valence-electron chi connectivity index (χ3n) is 3.20. The van der Waals surface area contributed by atoms with Crippen molar-refractivity contribution in [2.75, 3.05) is 13.2 Å². The van der Waals surface area contributed by atoms with Crippen molar-refractivity contribution in [1.29, 1.82) is 0 Å². The van der Waals surface area contributed by atoms with E-state index < -0.39 is 0 Å². The van der Waals surface area contributed by atoms with Gasteiger partial charge in [0.15, 0.2) is 0 Å². The van der Waals surface area contributed by atoms with Crippen LogP contribution in [0, 0.1) is 11.3 Å². The van der Waals surface area contributed by atoms with E-state index in [4.69, 9.17) is 5.11 Å². The number of hydrogen-bond acceptors (Lipinski definition) is 3. The standard InChI is InChI=1S/C15H26N2O2S/c1-11(7-8-18)10-16-14(19)17-13(15(2,3)4)12-6-5-9-20-12/h5-6,9,11,13,18H,7-8,10H2,1-4H3,(H2,16,17,19). The molecule has 2 atom stereocenters. The summed E-state index contributed by atoms with van der Waals surface area (Å²) in [5.74, 6) is 0.278. The number of aliphatic hydroxyl groups is 1. The summed E-state index contributed by atoms with van der Waals surface area (Å²) in [5, 5.41) is 16.8. The zero-order valence-corrected chi connectivity index (χ0v) is 13.6. The van der Waals surface area contributed by atoms with Crippen LogP contribution in [0.1, 0.15) is 45.0 Å². The topological polar surface area (TPSA) is 61.4 Å². The van der Waals surface area contributed by atoms with Crippen molar-refractivity contribution < 1.29 is 9.90 Å². The lowest BCUT2D eigenvalue weighted by Gasteiger charge is -2.31. The van der Waals surface area contributed by atoms with E-state index >= 15 is 0 Å². The SMILES string of the molecule is CC(CCO)CNC(=O)NC(c1cccs1)C(C)(C)C. The van der Waals surface area contributed by atoms with Crippen LogP contribution in [-0.4, -0.2) is 24.3 Å². The van der Waals surface area contributed by atoms with Gasteiger partial charge in [-0.25, -0.2) is 4.79 Å². The molecule has 3 N–H and O–H groups in total. The molecule has 5 heteroatoms. The van der Waals surface area contributed by atoms with Crippen molar-refractivity contribution in [1.82, 2.24) is 10.6 Å². The molecule has 0 aliphatic rings. The second-order valence-electron chi connectivity index (χ2n) is 6.29. The van der Waals surface area contributed by atoms with Crippen molar-refractivity contribution >= 4 is 17.4 Å². The lowest BCUT2D eigenvalue weighted by Crippen LogP contribution is -2.43. The number of urea groups is 1. The van der Waals surface area contributed by atoms with Crippen LogP contribution in [0.3, 0.4) is 0 Å². The summed E-state index contributed by atoms with van der Waals surface area (Å²) in [5.41, 5.74) is -0.0428. The molecule has 0 spiro atoms. The lowest BCUT2D eigenvalue weighted by atomic mass is 9.86. The molecule has 20 heavy (non-hydrogen) atoms. The summed E-state index contributed by atoms with van der Waals surface area (Å²) in [4.78, 5) is 13.2. The van der Waals surface area contributed by atoms with Crippen LogP contribution >= 0.6 is 11.3 Å². The first-order valence-electron chi connectivity index (χ1n) is 7.03. The predicted molar refractivity (Wildman–Crippen MR) is 83.9 cm³/mol. The fourth-order valence-corrected chi connectivity index (χ4v) is 2.96. The first-order valence-corrected chi connectivity index (χ1v) is 7.91. The van der Waals surface area contributed by atoms with E-state index in [0.717, 1.165) is 4.88 Å². The van der Waals surface area contributed by atoms with Gasteiger partial charge in [-0.15, -0.1) is 11.3 Å². The fraction of sp³-hybridized carbons (Fsp3) is 0.667. The Hall–Kier alpha value is -1.07. The van der Waals surface area contributed by atoms with Gasteiger partial charge in [0.2, 0.25) is 0 Å². The van der Waals surface area contributed by atoms with Gasteiger partial charge in [0, 0.05) is 18.0 Å². The Balaban J connectivity index is 2.56. The molecule has 1 aromatic rings. The summed E-state index contributed by atoms with van der Waals surface area (Å²) in [6.07, 6.45) is 0.702. The average Bonchev–Trinajstić information content (AvgIpc) is 2.86. The predicted octanol–water partition coefficient (Wildman–Crippen LogP) is 3.15. The molecule has 1 heterocycles. The quantitative estimate of drug-likeness (QED) is 0.755. The number of carbonyl (C=O) groups is 1. The van der Waals surface area contributed by atoms with Gasteiger partial charge in [0.05, 0.1) is 6.04 Å². The van der Waals surface area contributed by atoms with E-state index in [-0.39, 0.29) is 30.0 Å². The summed E-state index contributed by atoms with van der Waals surface area (Å²) < 4.78 is 0. The smallest absolute Gasteiger partial charge is 0.315 e. The Morgan fingerprint density at radius 3 is 2.65 bits per heavy atom. The largest absolute Gasteiger partial charge is 0.396 e. The minimum Gasteiger partial charge on any atom is -0.396 e. The van der Waals surface area contributed by atoms with Crippen molar-refractivity contribution in [2.45, 2.75) is 40.2 Å². The highest BCUT2D eigenvalue weighted by molar-refractivity contribution is 7.10. The van der Waals surface area contributed by atoms with Crippen LogP contribution in [0.25, 0.3) is 0 Å². The molecule has 0 fully saturated rings. The van der Waals surface area contributed by atoms with Gasteiger partial charge in [-0.3, -0.25) is 0 Å². The minimum absolute atomic E-state index is 0.00403. The summed E-state index contributed by atoms with van der Waals surface area (Å²) in [6.45, 7) is 9.10. The Kier molecular flexibility index (Phi) is 6.49. The zero-order chi connectivity index (χ0) is 15.2. The van der Waals surface area contributed by atoms with Gasteiger partial charge in [0.1, 0.15) is 0 Å². The summed E-state index contributed by atoms with van der Waals surface area (Å²) in [7, 11) is 0. The molecule has 0 aliphatic heterocycles. The molecular formula is C15H26N2O2S. The van der Waals surface area contributed by atoms with Crippen molar-refractivity contribution in [3.05, 3.63) is 22.4 Å². The molecule has 0 aliphatic carbocycles. The van der Waals surface area contributed by atoms with Crippen LogP contribution in [0.4, 0.5) is 4.79 Å². The molecule has 2 unspecified atom stereocenters. The number of amides is 2. The van der Waals surface area contributed by atoms with Gasteiger partial charge in [-0.1, -0.05) is 33.8 Å². The number of carbonyl (C=O) groups excluding carboxylic acids is 1. The van der Waals surface area contributed by atoms with Gasteiger partial charge in [-0.2, -0.15) is 0 Å². The second-order valence-corrected chi connectivity index (χ2v) is 7.27. The van der Waals surface area contributed by atoms with Crippen LogP contribution in [0.15, 0.2) is 17.5 Å². The maximum atomic E-state index is 12.0. The van der Waals surface area contributed by atoms with Crippen LogP contribution < -0.4 is 10.6 Å². The maximum absolute atomic E-state index is 12.0. The Morgan fingerprint density at radius 1 is 1.45 bits per heavy atom. The van der Waals surface area contributed by atoms with Gasteiger partial charge in [-0.05, 0) is 29.2 Å². The number of hydrogen-bond donors (Lipinski definition) is 3. The van der Waals surface area contributed by atoms with Crippen molar-refractivity contribution in [3.8, 4) is 0 Å². The number of rotatable bonds is 6. The van der Waals surface area contributed by atoms with E-state index in [0.29, 0.717) is 13.0 Å². The first kappa shape index (κ1) is 17.0. The van der Waals surface area contributed by atoms with E-state index in [2.05, 4.69) is 37.5 Å². The van der Waals surface area contributed by atoms with Crippen LogP contribution in [0.5, 0.6) is 0 Å². The third-order valence-corrected chi connectivity index (χ3v) is 4.14. The van der Waals surface area contributed by atoms with Gasteiger partial charge in [0.25, 0.3) is 0 Å². The fourth-order valence-electron chi connectivity index (χ4n) is 1.94. The summed E-state index contributed by atoms with van der Waals surface area (Å²) >= 11 is 1.66.